The molecule has 0 amide bonds. The van der Waals surface area contributed by atoms with Gasteiger partial charge in [0.15, 0.2) is 9.84 Å². The number of hydrogen-bond acceptors (Lipinski definition) is 4. The summed E-state index contributed by atoms with van der Waals surface area (Å²) < 4.78 is 22.5. The Morgan fingerprint density at radius 3 is 2.67 bits per heavy atom. The second-order valence-corrected chi connectivity index (χ2v) is 5.90. The van der Waals surface area contributed by atoms with E-state index in [2.05, 4.69) is 6.58 Å². The van der Waals surface area contributed by atoms with Gasteiger partial charge in [0.25, 0.3) is 0 Å². The zero-order valence-corrected chi connectivity index (χ0v) is 9.24. The summed E-state index contributed by atoms with van der Waals surface area (Å²) >= 11 is 0. The summed E-state index contributed by atoms with van der Waals surface area (Å²) in [7, 11) is -2.96. The van der Waals surface area contributed by atoms with Crippen LogP contribution in [0.3, 0.4) is 0 Å². The van der Waals surface area contributed by atoms with Gasteiger partial charge in [0.1, 0.15) is 0 Å². The number of carboxylic acid groups (broad SMARTS) is 1. The molecule has 6 heteroatoms. The number of carbonyl (C=O) groups is 1. The normalized spacial score (nSPS) is 24.2. The number of nitrogens with zero attached hydrogens (tertiary/aromatic N) is 1. The van der Waals surface area contributed by atoms with Crippen molar-refractivity contribution in [2.24, 2.45) is 0 Å². The molecule has 0 spiro atoms. The van der Waals surface area contributed by atoms with Crippen LogP contribution >= 0.6 is 0 Å². The van der Waals surface area contributed by atoms with Gasteiger partial charge in [-0.1, -0.05) is 6.08 Å². The molecule has 1 heterocycles. The van der Waals surface area contributed by atoms with Crippen LogP contribution in [-0.4, -0.2) is 55.0 Å². The predicted molar refractivity (Wildman–Crippen MR) is 56.5 cm³/mol. The van der Waals surface area contributed by atoms with Crippen LogP contribution in [0.4, 0.5) is 0 Å². The SMILES string of the molecule is C=CCN(CC(=O)O)C1CCS(=O)(=O)C1. The predicted octanol–water partition coefficient (Wildman–Crippen LogP) is -0.254. The summed E-state index contributed by atoms with van der Waals surface area (Å²) in [5.41, 5.74) is 0. The lowest BCUT2D eigenvalue weighted by molar-refractivity contribution is -0.138. The smallest absolute Gasteiger partial charge is 0.317 e. The number of carboxylic acids is 1. The molecule has 0 aromatic heterocycles. The van der Waals surface area contributed by atoms with E-state index < -0.39 is 15.8 Å². The molecule has 1 rings (SSSR count). The van der Waals surface area contributed by atoms with Gasteiger partial charge in [-0.25, -0.2) is 8.42 Å². The first-order chi connectivity index (χ1) is 6.94. The lowest BCUT2D eigenvalue weighted by Crippen LogP contribution is -2.39. The number of sulfone groups is 1. The highest BCUT2D eigenvalue weighted by atomic mass is 32.2. The average Bonchev–Trinajstić information content (AvgIpc) is 2.44. The van der Waals surface area contributed by atoms with Gasteiger partial charge in [-0.3, -0.25) is 9.69 Å². The van der Waals surface area contributed by atoms with Gasteiger partial charge < -0.3 is 5.11 Å². The number of aliphatic carboxylic acids is 1. The van der Waals surface area contributed by atoms with Gasteiger partial charge in [-0.15, -0.1) is 6.58 Å². The Kier molecular flexibility index (Phi) is 3.87. The molecule has 0 bridgehead atoms. The molecular formula is C9H15NO4S. The van der Waals surface area contributed by atoms with E-state index >= 15 is 0 Å². The van der Waals surface area contributed by atoms with Crippen LogP contribution in [0, 0.1) is 0 Å². The minimum Gasteiger partial charge on any atom is -0.480 e. The Balaban J connectivity index is 2.64. The highest BCUT2D eigenvalue weighted by molar-refractivity contribution is 7.91. The lowest BCUT2D eigenvalue weighted by atomic mass is 10.2. The minimum absolute atomic E-state index is 0.0636. The van der Waals surface area contributed by atoms with Gasteiger partial charge >= 0.3 is 5.97 Å². The molecule has 1 unspecified atom stereocenters. The maximum absolute atomic E-state index is 11.2. The van der Waals surface area contributed by atoms with Gasteiger partial charge in [0.2, 0.25) is 0 Å². The zero-order chi connectivity index (χ0) is 11.5. The average molecular weight is 233 g/mol. The van der Waals surface area contributed by atoms with E-state index in [1.807, 2.05) is 0 Å². The van der Waals surface area contributed by atoms with Crippen molar-refractivity contribution < 1.29 is 18.3 Å². The van der Waals surface area contributed by atoms with Crippen molar-refractivity contribution >= 4 is 15.8 Å². The molecule has 1 aliphatic rings. The maximum Gasteiger partial charge on any atom is 0.317 e. The zero-order valence-electron chi connectivity index (χ0n) is 8.42. The largest absolute Gasteiger partial charge is 0.480 e. The second-order valence-electron chi connectivity index (χ2n) is 3.67. The molecule has 0 aromatic rings. The fourth-order valence-corrected chi connectivity index (χ4v) is 3.51. The van der Waals surface area contributed by atoms with E-state index in [4.69, 9.17) is 5.11 Å². The molecule has 0 saturated carbocycles. The summed E-state index contributed by atoms with van der Waals surface area (Å²) in [4.78, 5) is 12.2. The molecule has 86 valence electrons. The molecule has 1 N–H and O–H groups in total. The Labute approximate surface area is 89.3 Å². The summed E-state index contributed by atoms with van der Waals surface area (Å²) in [6.45, 7) is 3.81. The van der Waals surface area contributed by atoms with Gasteiger partial charge in [0.05, 0.1) is 18.1 Å². The first-order valence-electron chi connectivity index (χ1n) is 4.72. The van der Waals surface area contributed by atoms with E-state index in [-0.39, 0.29) is 24.1 Å². The molecule has 15 heavy (non-hydrogen) atoms. The van der Waals surface area contributed by atoms with Gasteiger partial charge in [-0.05, 0) is 6.42 Å². The Hall–Kier alpha value is -0.880. The summed E-state index contributed by atoms with van der Waals surface area (Å²) in [6, 6.07) is -0.177. The quantitative estimate of drug-likeness (QED) is 0.663. The summed E-state index contributed by atoms with van der Waals surface area (Å²) in [5.74, 6) is -0.722. The van der Waals surface area contributed by atoms with E-state index in [9.17, 15) is 13.2 Å². The summed E-state index contributed by atoms with van der Waals surface area (Å²) in [5, 5.41) is 8.68. The molecule has 1 atom stereocenters. The number of rotatable bonds is 5. The molecular weight excluding hydrogens is 218 g/mol. The van der Waals surface area contributed by atoms with Crippen molar-refractivity contribution in [2.45, 2.75) is 12.5 Å². The first-order valence-corrected chi connectivity index (χ1v) is 6.54. The van der Waals surface area contributed by atoms with E-state index in [0.29, 0.717) is 13.0 Å². The first kappa shape index (κ1) is 12.2. The van der Waals surface area contributed by atoms with Crippen LogP contribution < -0.4 is 0 Å². The molecule has 1 aliphatic heterocycles. The van der Waals surface area contributed by atoms with Crippen molar-refractivity contribution in [3.63, 3.8) is 0 Å². The maximum atomic E-state index is 11.2. The topological polar surface area (TPSA) is 74.7 Å². The Bertz CT molecular complexity index is 349. The lowest BCUT2D eigenvalue weighted by Gasteiger charge is -2.24. The molecule has 0 radical (unpaired) electrons. The third-order valence-corrected chi connectivity index (χ3v) is 4.18. The number of hydrogen-bond donors (Lipinski definition) is 1. The molecule has 0 aromatic carbocycles. The molecule has 5 nitrogen and oxygen atoms in total. The minimum atomic E-state index is -2.96. The van der Waals surface area contributed by atoms with E-state index in [0.717, 1.165) is 0 Å². The third kappa shape index (κ3) is 3.64. The second kappa shape index (κ2) is 4.76. The van der Waals surface area contributed by atoms with Crippen LogP contribution in [0.1, 0.15) is 6.42 Å². The third-order valence-electron chi connectivity index (χ3n) is 2.43. The Morgan fingerprint density at radius 1 is 1.60 bits per heavy atom. The van der Waals surface area contributed by atoms with E-state index in [1.165, 1.54) is 0 Å². The van der Waals surface area contributed by atoms with Crippen LogP contribution in [-0.2, 0) is 14.6 Å². The van der Waals surface area contributed by atoms with Crippen LogP contribution in [0.15, 0.2) is 12.7 Å². The van der Waals surface area contributed by atoms with Gasteiger partial charge in [0, 0.05) is 12.6 Å². The summed E-state index contributed by atoms with van der Waals surface area (Å²) in [6.07, 6.45) is 2.11. The van der Waals surface area contributed by atoms with Crippen molar-refractivity contribution in [3.05, 3.63) is 12.7 Å². The van der Waals surface area contributed by atoms with Crippen molar-refractivity contribution in [2.75, 3.05) is 24.6 Å². The monoisotopic (exact) mass is 233 g/mol. The van der Waals surface area contributed by atoms with Crippen molar-refractivity contribution in [1.29, 1.82) is 0 Å². The van der Waals surface area contributed by atoms with E-state index in [1.54, 1.807) is 11.0 Å². The highest BCUT2D eigenvalue weighted by Crippen LogP contribution is 2.17. The van der Waals surface area contributed by atoms with Crippen molar-refractivity contribution in [1.82, 2.24) is 4.90 Å². The molecule has 1 fully saturated rings. The van der Waals surface area contributed by atoms with Crippen LogP contribution in [0.2, 0.25) is 0 Å². The van der Waals surface area contributed by atoms with Crippen LogP contribution in [0.25, 0.3) is 0 Å². The highest BCUT2D eigenvalue weighted by Gasteiger charge is 2.32. The fraction of sp³-hybridized carbons (Fsp3) is 0.667. The molecule has 1 saturated heterocycles. The Morgan fingerprint density at radius 2 is 2.27 bits per heavy atom. The standard InChI is InChI=1S/C9H15NO4S/c1-2-4-10(6-9(11)12)8-3-5-15(13,14)7-8/h2,8H,1,3-7H2,(H,11,12). The van der Waals surface area contributed by atoms with Crippen LogP contribution in [0.5, 0.6) is 0 Å². The van der Waals surface area contributed by atoms with Gasteiger partial charge in [-0.2, -0.15) is 0 Å². The molecule has 0 aliphatic carbocycles. The van der Waals surface area contributed by atoms with Crippen molar-refractivity contribution in [3.8, 4) is 0 Å². The fourth-order valence-electron chi connectivity index (χ4n) is 1.75.